The van der Waals surface area contributed by atoms with Gasteiger partial charge >= 0.3 is 0 Å². The van der Waals surface area contributed by atoms with Crippen LogP contribution in [-0.4, -0.2) is 66.4 Å². The van der Waals surface area contributed by atoms with Crippen LogP contribution in [-0.2, 0) is 22.6 Å². The largest absolute Gasteiger partial charge is 0.378 e. The first-order chi connectivity index (χ1) is 16.6. The minimum absolute atomic E-state index is 0.0764. The molecule has 2 N–H and O–H groups in total. The van der Waals surface area contributed by atoms with Gasteiger partial charge in [-0.15, -0.1) is 0 Å². The Morgan fingerprint density at radius 1 is 1.18 bits per heavy atom. The summed E-state index contributed by atoms with van der Waals surface area (Å²) in [6, 6.07) is 8.18. The van der Waals surface area contributed by atoms with E-state index in [9.17, 15) is 4.79 Å². The summed E-state index contributed by atoms with van der Waals surface area (Å²) >= 11 is 0. The highest BCUT2D eigenvalue weighted by Crippen LogP contribution is 2.26. The number of likely N-dealkylation sites (tertiary alicyclic amines) is 1. The maximum atomic E-state index is 10.8. The second-order valence-electron chi connectivity index (χ2n) is 8.52. The van der Waals surface area contributed by atoms with Crippen molar-refractivity contribution in [3.63, 3.8) is 0 Å². The molecule has 0 aliphatic carbocycles. The Morgan fingerprint density at radius 2 is 1.97 bits per heavy atom. The highest BCUT2D eigenvalue weighted by atomic mass is 16.5. The van der Waals surface area contributed by atoms with Crippen LogP contribution in [0.3, 0.4) is 0 Å². The Labute approximate surface area is 200 Å². The predicted octanol–water partition coefficient (Wildman–Crippen LogP) is 2.47. The van der Waals surface area contributed by atoms with Crippen LogP contribution in [0.25, 0.3) is 0 Å². The molecule has 180 valence electrons. The number of fused-ring (bicyclic) bond motifs is 1. The molecule has 0 unspecified atom stereocenters. The van der Waals surface area contributed by atoms with Crippen LogP contribution >= 0.6 is 0 Å². The summed E-state index contributed by atoms with van der Waals surface area (Å²) in [6.45, 7) is 12.1. The fraction of sp³-hybridized carbons (Fsp3) is 0.440. The number of amides is 1. The Bertz CT molecular complexity index is 1030. The highest BCUT2D eigenvalue weighted by molar-refractivity contribution is 5.87. The van der Waals surface area contributed by atoms with E-state index in [1.807, 2.05) is 17.0 Å². The summed E-state index contributed by atoms with van der Waals surface area (Å²) < 4.78 is 5.45. The molecule has 0 saturated carbocycles. The first-order valence-corrected chi connectivity index (χ1v) is 11.8. The zero-order valence-corrected chi connectivity index (χ0v) is 19.8. The molecule has 1 aromatic heterocycles. The van der Waals surface area contributed by atoms with Crippen LogP contribution < -0.4 is 15.6 Å². The normalized spacial score (nSPS) is 17.3. The first kappa shape index (κ1) is 23.8. The second kappa shape index (κ2) is 11.7. The summed E-state index contributed by atoms with van der Waals surface area (Å²) in [6.07, 6.45) is 5.47. The number of morpholine rings is 1. The van der Waals surface area contributed by atoms with E-state index < -0.39 is 0 Å². The lowest BCUT2D eigenvalue weighted by atomic mass is 10.2. The lowest BCUT2D eigenvalue weighted by molar-refractivity contribution is -0.124. The lowest BCUT2D eigenvalue weighted by Crippen LogP contribution is -2.37. The predicted molar refractivity (Wildman–Crippen MR) is 134 cm³/mol. The average molecular weight is 464 g/mol. The van der Waals surface area contributed by atoms with E-state index in [1.54, 1.807) is 6.21 Å². The van der Waals surface area contributed by atoms with Crippen molar-refractivity contribution < 1.29 is 9.53 Å². The summed E-state index contributed by atoms with van der Waals surface area (Å²) in [7, 11) is 0. The molecule has 0 atom stereocenters. The van der Waals surface area contributed by atoms with Gasteiger partial charge in [0.05, 0.1) is 25.1 Å². The first-order valence-electron chi connectivity index (χ1n) is 11.8. The molecular weight excluding hydrogens is 430 g/mol. The third kappa shape index (κ3) is 6.18. The van der Waals surface area contributed by atoms with Crippen molar-refractivity contribution in [3.8, 4) is 0 Å². The molecule has 0 spiro atoms. The molecule has 3 aliphatic heterocycles. The van der Waals surface area contributed by atoms with Crippen LogP contribution in [0, 0.1) is 6.92 Å². The van der Waals surface area contributed by atoms with E-state index in [1.165, 1.54) is 17.2 Å². The van der Waals surface area contributed by atoms with Crippen LogP contribution in [0.1, 0.15) is 35.2 Å². The van der Waals surface area contributed by atoms with E-state index in [4.69, 9.17) is 9.72 Å². The van der Waals surface area contributed by atoms with Crippen molar-refractivity contribution >= 4 is 23.9 Å². The number of carbonyl (C=O) groups excluding carboxylic acids is 1. The van der Waals surface area contributed by atoms with Crippen molar-refractivity contribution in [2.75, 3.05) is 49.7 Å². The van der Waals surface area contributed by atoms with Crippen LogP contribution in [0.4, 0.5) is 11.8 Å². The zero-order chi connectivity index (χ0) is 23.8. The standard InChI is InChI=1S/C18H22N6O.C7H11NO/c1-13-3-2-4-14(9-13)10-20-23-18-21-16-12-19-11-15(16)17(22-18)24-5-7-25-8-6-24;1-2-7(9)8-5-3-4-6-8/h2-4,9-10,19H,5-8,11-12H2,1H3,(H,21,22,23);2H,1,3-6H2/b20-10+;. The molecule has 9 nitrogen and oxygen atoms in total. The number of hydrogen-bond donors (Lipinski definition) is 2. The molecule has 3 aliphatic rings. The second-order valence-corrected chi connectivity index (χ2v) is 8.52. The third-order valence-electron chi connectivity index (χ3n) is 5.99. The zero-order valence-electron chi connectivity index (χ0n) is 19.8. The smallest absolute Gasteiger partial charge is 0.245 e. The number of anilines is 2. The monoisotopic (exact) mass is 463 g/mol. The van der Waals surface area contributed by atoms with Gasteiger partial charge in [0.2, 0.25) is 11.9 Å². The number of rotatable bonds is 5. The summed E-state index contributed by atoms with van der Waals surface area (Å²) in [5, 5.41) is 7.66. The van der Waals surface area contributed by atoms with Crippen LogP contribution in [0.2, 0.25) is 0 Å². The molecule has 1 aromatic carbocycles. The Hall–Kier alpha value is -3.30. The van der Waals surface area contributed by atoms with Gasteiger partial charge in [-0.1, -0.05) is 36.4 Å². The quantitative estimate of drug-likeness (QED) is 0.400. The van der Waals surface area contributed by atoms with E-state index in [2.05, 4.69) is 51.4 Å². The third-order valence-corrected chi connectivity index (χ3v) is 5.99. The van der Waals surface area contributed by atoms with Gasteiger partial charge < -0.3 is 19.9 Å². The maximum absolute atomic E-state index is 10.8. The molecule has 0 bridgehead atoms. The van der Waals surface area contributed by atoms with Gasteiger partial charge in [0.1, 0.15) is 5.82 Å². The van der Waals surface area contributed by atoms with E-state index in [0.717, 1.165) is 82.4 Å². The minimum atomic E-state index is 0.0764. The van der Waals surface area contributed by atoms with Gasteiger partial charge in [-0.3, -0.25) is 4.79 Å². The molecule has 2 fully saturated rings. The molecule has 2 saturated heterocycles. The number of nitrogens with zero attached hydrogens (tertiary/aromatic N) is 5. The Kier molecular flexibility index (Phi) is 8.21. The van der Waals surface area contributed by atoms with Gasteiger partial charge in [0, 0.05) is 44.8 Å². The van der Waals surface area contributed by atoms with Crippen LogP contribution in [0.15, 0.2) is 42.0 Å². The number of hydrazone groups is 1. The number of benzene rings is 1. The summed E-state index contributed by atoms with van der Waals surface area (Å²) in [4.78, 5) is 24.2. The molecule has 5 rings (SSSR count). The van der Waals surface area contributed by atoms with Crippen molar-refractivity contribution in [2.45, 2.75) is 32.9 Å². The maximum Gasteiger partial charge on any atom is 0.245 e. The van der Waals surface area contributed by atoms with Crippen molar-refractivity contribution in [1.29, 1.82) is 0 Å². The number of aromatic nitrogens is 2. The Morgan fingerprint density at radius 3 is 2.71 bits per heavy atom. The molecule has 9 heteroatoms. The molecule has 1 amide bonds. The van der Waals surface area contributed by atoms with Gasteiger partial charge in [0.25, 0.3) is 0 Å². The topological polar surface area (TPSA) is 95.0 Å². The van der Waals surface area contributed by atoms with Gasteiger partial charge in [-0.05, 0) is 31.4 Å². The lowest BCUT2D eigenvalue weighted by Gasteiger charge is -2.29. The minimum Gasteiger partial charge on any atom is -0.378 e. The Balaban J connectivity index is 0.000000257. The van der Waals surface area contributed by atoms with E-state index >= 15 is 0 Å². The van der Waals surface area contributed by atoms with Crippen molar-refractivity contribution in [2.24, 2.45) is 5.10 Å². The van der Waals surface area contributed by atoms with Gasteiger partial charge in [-0.25, -0.2) is 10.4 Å². The molecule has 34 heavy (non-hydrogen) atoms. The molecule has 0 radical (unpaired) electrons. The average Bonchev–Trinajstić information content (AvgIpc) is 3.57. The molecule has 2 aromatic rings. The molecular formula is C25H33N7O2. The number of nitrogens with one attached hydrogen (secondary N) is 2. The highest BCUT2D eigenvalue weighted by Gasteiger charge is 2.24. The number of aryl methyl sites for hydroxylation is 1. The van der Waals surface area contributed by atoms with Gasteiger partial charge in [0.15, 0.2) is 0 Å². The number of carbonyl (C=O) groups is 1. The molecule has 4 heterocycles. The van der Waals surface area contributed by atoms with Crippen molar-refractivity contribution in [1.82, 2.24) is 20.2 Å². The van der Waals surface area contributed by atoms with E-state index in [0.29, 0.717) is 5.95 Å². The fourth-order valence-corrected chi connectivity index (χ4v) is 4.22. The SMILES string of the molecule is C=CC(=O)N1CCCC1.Cc1cccc(/C=N/Nc2nc3c(c(N4CCOCC4)n2)CNC3)c1. The summed E-state index contributed by atoms with van der Waals surface area (Å²) in [5.41, 5.74) is 7.47. The van der Waals surface area contributed by atoms with Crippen LogP contribution in [0.5, 0.6) is 0 Å². The number of hydrogen-bond acceptors (Lipinski definition) is 8. The fourth-order valence-electron chi connectivity index (χ4n) is 4.22. The van der Waals surface area contributed by atoms with Crippen molar-refractivity contribution in [3.05, 3.63) is 59.3 Å². The summed E-state index contributed by atoms with van der Waals surface area (Å²) in [5.74, 6) is 1.60. The van der Waals surface area contributed by atoms with E-state index in [-0.39, 0.29) is 5.91 Å². The van der Waals surface area contributed by atoms with Gasteiger partial charge in [-0.2, -0.15) is 10.1 Å². The number of ether oxygens (including phenoxy) is 1.